The van der Waals surface area contributed by atoms with Crippen molar-refractivity contribution in [3.63, 3.8) is 0 Å². The van der Waals surface area contributed by atoms with Crippen LogP contribution in [-0.4, -0.2) is 31.5 Å². The topological polar surface area (TPSA) is 30.5 Å². The molecule has 2 heterocycles. The fourth-order valence-electron chi connectivity index (χ4n) is 2.93. The summed E-state index contributed by atoms with van der Waals surface area (Å²) in [5.41, 5.74) is 1.25. The van der Waals surface area contributed by atoms with Crippen molar-refractivity contribution in [1.29, 1.82) is 0 Å². The standard InChI is InChI=1S/C15H20ClNO2/c16-13-3-1-12(2-4-13)10-17-14-5-7-19-15(9-14)6-8-18-11-15/h1-4,14,17H,5-11H2. The van der Waals surface area contributed by atoms with Crippen LogP contribution in [0.5, 0.6) is 0 Å². The van der Waals surface area contributed by atoms with E-state index >= 15 is 0 Å². The van der Waals surface area contributed by atoms with Gasteiger partial charge in [0.2, 0.25) is 0 Å². The minimum absolute atomic E-state index is 0.0179. The third-order valence-corrected chi connectivity index (χ3v) is 4.32. The molecular formula is C15H20ClNO2. The van der Waals surface area contributed by atoms with E-state index in [0.29, 0.717) is 6.04 Å². The van der Waals surface area contributed by atoms with Crippen LogP contribution >= 0.6 is 11.6 Å². The maximum atomic E-state index is 5.94. The Kier molecular flexibility index (Phi) is 4.08. The predicted octanol–water partition coefficient (Wildman–Crippen LogP) is 2.77. The summed E-state index contributed by atoms with van der Waals surface area (Å²) >= 11 is 5.89. The molecule has 19 heavy (non-hydrogen) atoms. The molecule has 2 aliphatic rings. The lowest BCUT2D eigenvalue weighted by molar-refractivity contribution is -0.0894. The predicted molar refractivity (Wildman–Crippen MR) is 75.4 cm³/mol. The normalized spacial score (nSPS) is 30.9. The lowest BCUT2D eigenvalue weighted by Crippen LogP contribution is -2.47. The first-order chi connectivity index (χ1) is 9.26. The Bertz CT molecular complexity index is 415. The molecule has 104 valence electrons. The van der Waals surface area contributed by atoms with Gasteiger partial charge in [-0.2, -0.15) is 0 Å². The molecule has 0 aromatic heterocycles. The van der Waals surface area contributed by atoms with Gasteiger partial charge in [0, 0.05) is 37.2 Å². The summed E-state index contributed by atoms with van der Waals surface area (Å²) in [4.78, 5) is 0. The first kappa shape index (κ1) is 13.4. The van der Waals surface area contributed by atoms with E-state index in [2.05, 4.69) is 17.4 Å². The highest BCUT2D eigenvalue weighted by Gasteiger charge is 2.40. The van der Waals surface area contributed by atoms with Gasteiger partial charge in [-0.15, -0.1) is 0 Å². The summed E-state index contributed by atoms with van der Waals surface area (Å²) in [7, 11) is 0. The molecule has 0 radical (unpaired) electrons. The summed E-state index contributed by atoms with van der Waals surface area (Å²) in [5, 5.41) is 4.42. The Balaban J connectivity index is 1.53. The van der Waals surface area contributed by atoms with Gasteiger partial charge in [-0.25, -0.2) is 0 Å². The summed E-state index contributed by atoms with van der Waals surface area (Å²) in [5.74, 6) is 0. The van der Waals surface area contributed by atoms with Crippen LogP contribution < -0.4 is 5.32 Å². The zero-order chi connectivity index (χ0) is 13.1. The molecule has 3 rings (SSSR count). The van der Waals surface area contributed by atoms with E-state index in [4.69, 9.17) is 21.1 Å². The molecule has 0 amide bonds. The maximum Gasteiger partial charge on any atom is 0.0951 e. The highest BCUT2D eigenvalue weighted by Crippen LogP contribution is 2.32. The van der Waals surface area contributed by atoms with Gasteiger partial charge in [0.1, 0.15) is 0 Å². The largest absolute Gasteiger partial charge is 0.378 e. The van der Waals surface area contributed by atoms with Crippen molar-refractivity contribution >= 4 is 11.6 Å². The zero-order valence-electron chi connectivity index (χ0n) is 11.0. The van der Waals surface area contributed by atoms with Gasteiger partial charge in [0.15, 0.2) is 0 Å². The molecular weight excluding hydrogens is 262 g/mol. The fraction of sp³-hybridized carbons (Fsp3) is 0.600. The summed E-state index contributed by atoms with van der Waals surface area (Å²) in [6.07, 6.45) is 3.17. The van der Waals surface area contributed by atoms with E-state index in [1.54, 1.807) is 0 Å². The zero-order valence-corrected chi connectivity index (χ0v) is 11.8. The third-order valence-electron chi connectivity index (χ3n) is 4.07. The first-order valence-electron chi connectivity index (χ1n) is 6.95. The molecule has 2 unspecified atom stereocenters. The van der Waals surface area contributed by atoms with Crippen molar-refractivity contribution in [1.82, 2.24) is 5.32 Å². The van der Waals surface area contributed by atoms with Crippen molar-refractivity contribution in [2.24, 2.45) is 0 Å². The Morgan fingerprint density at radius 3 is 2.84 bits per heavy atom. The smallest absolute Gasteiger partial charge is 0.0951 e. The van der Waals surface area contributed by atoms with Crippen LogP contribution in [0.4, 0.5) is 0 Å². The van der Waals surface area contributed by atoms with Gasteiger partial charge < -0.3 is 14.8 Å². The van der Waals surface area contributed by atoms with E-state index in [1.807, 2.05) is 12.1 Å². The SMILES string of the molecule is Clc1ccc(CNC2CCOC3(CCOC3)C2)cc1. The highest BCUT2D eigenvalue weighted by atomic mass is 35.5. The lowest BCUT2D eigenvalue weighted by atomic mass is 9.89. The molecule has 2 aliphatic heterocycles. The van der Waals surface area contributed by atoms with Crippen molar-refractivity contribution in [3.05, 3.63) is 34.9 Å². The second-order valence-corrected chi connectivity index (χ2v) is 5.97. The van der Waals surface area contributed by atoms with Crippen LogP contribution in [0.3, 0.4) is 0 Å². The number of rotatable bonds is 3. The monoisotopic (exact) mass is 281 g/mol. The second kappa shape index (κ2) is 5.80. The highest BCUT2D eigenvalue weighted by molar-refractivity contribution is 6.30. The average Bonchev–Trinajstić information content (AvgIpc) is 2.86. The van der Waals surface area contributed by atoms with Gasteiger partial charge >= 0.3 is 0 Å². The second-order valence-electron chi connectivity index (χ2n) is 5.53. The molecule has 2 fully saturated rings. The summed E-state index contributed by atoms with van der Waals surface area (Å²) < 4.78 is 11.4. The van der Waals surface area contributed by atoms with E-state index < -0.39 is 0 Å². The number of ether oxygens (including phenoxy) is 2. The first-order valence-corrected chi connectivity index (χ1v) is 7.33. The van der Waals surface area contributed by atoms with E-state index in [0.717, 1.165) is 50.7 Å². The molecule has 1 spiro atoms. The number of hydrogen-bond donors (Lipinski definition) is 1. The molecule has 0 bridgehead atoms. The van der Waals surface area contributed by atoms with Crippen molar-refractivity contribution in [2.45, 2.75) is 37.5 Å². The number of halogens is 1. The summed E-state index contributed by atoms with van der Waals surface area (Å²) in [6.45, 7) is 3.32. The Hall–Kier alpha value is -0.610. The lowest BCUT2D eigenvalue weighted by Gasteiger charge is -2.37. The van der Waals surface area contributed by atoms with Crippen molar-refractivity contribution < 1.29 is 9.47 Å². The maximum absolute atomic E-state index is 5.94. The molecule has 0 saturated carbocycles. The third kappa shape index (κ3) is 3.29. The molecule has 0 aliphatic carbocycles. The van der Waals surface area contributed by atoms with Crippen LogP contribution in [0.1, 0.15) is 24.8 Å². The molecule has 2 atom stereocenters. The summed E-state index contributed by atoms with van der Waals surface area (Å²) in [6, 6.07) is 8.54. The van der Waals surface area contributed by atoms with Crippen LogP contribution in [0.25, 0.3) is 0 Å². The molecule has 4 heteroatoms. The van der Waals surface area contributed by atoms with E-state index in [9.17, 15) is 0 Å². The quantitative estimate of drug-likeness (QED) is 0.924. The van der Waals surface area contributed by atoms with Crippen LogP contribution in [0.2, 0.25) is 5.02 Å². The number of nitrogens with one attached hydrogen (secondary N) is 1. The molecule has 2 saturated heterocycles. The Labute approximate surface area is 119 Å². The molecule has 1 aromatic rings. The Morgan fingerprint density at radius 2 is 2.11 bits per heavy atom. The fourth-order valence-corrected chi connectivity index (χ4v) is 3.06. The van der Waals surface area contributed by atoms with E-state index in [-0.39, 0.29) is 5.60 Å². The van der Waals surface area contributed by atoms with Gasteiger partial charge in [-0.1, -0.05) is 23.7 Å². The Morgan fingerprint density at radius 1 is 1.26 bits per heavy atom. The molecule has 1 N–H and O–H groups in total. The molecule has 3 nitrogen and oxygen atoms in total. The van der Waals surface area contributed by atoms with Crippen molar-refractivity contribution in [2.75, 3.05) is 19.8 Å². The minimum Gasteiger partial charge on any atom is -0.378 e. The number of benzene rings is 1. The van der Waals surface area contributed by atoms with Crippen LogP contribution in [-0.2, 0) is 16.0 Å². The van der Waals surface area contributed by atoms with Gasteiger partial charge in [0.05, 0.1) is 12.2 Å². The van der Waals surface area contributed by atoms with Gasteiger partial charge in [-0.05, 0) is 30.5 Å². The average molecular weight is 282 g/mol. The van der Waals surface area contributed by atoms with E-state index in [1.165, 1.54) is 5.56 Å². The van der Waals surface area contributed by atoms with Crippen LogP contribution in [0.15, 0.2) is 24.3 Å². The van der Waals surface area contributed by atoms with Crippen molar-refractivity contribution in [3.8, 4) is 0 Å². The number of hydrogen-bond acceptors (Lipinski definition) is 3. The minimum atomic E-state index is -0.0179. The van der Waals surface area contributed by atoms with Gasteiger partial charge in [-0.3, -0.25) is 0 Å². The van der Waals surface area contributed by atoms with Gasteiger partial charge in [0.25, 0.3) is 0 Å². The molecule has 1 aromatic carbocycles. The van der Waals surface area contributed by atoms with Crippen LogP contribution in [0, 0.1) is 0 Å².